The van der Waals surface area contributed by atoms with Gasteiger partial charge in [0.15, 0.2) is 20.2 Å². The number of aliphatic hydroxyl groups is 3. The van der Waals surface area contributed by atoms with Crippen LogP contribution in [0.4, 0.5) is 51.2 Å². The first kappa shape index (κ1) is 100. The van der Waals surface area contributed by atoms with Gasteiger partial charge in [0, 0.05) is 95.1 Å². The van der Waals surface area contributed by atoms with Crippen molar-refractivity contribution in [2.75, 3.05) is 20.9 Å². The molecular weight excluding hydrogens is 1780 g/mol. The molecule has 6 aromatic heterocycles. The summed E-state index contributed by atoms with van der Waals surface area (Å²) in [6.45, 7) is 15.7. The molecule has 662 valence electrons. The number of sulfonamides is 2. The van der Waals surface area contributed by atoms with Crippen LogP contribution in [-0.2, 0) is 57.7 Å². The second-order valence-corrected chi connectivity index (χ2v) is 36.0. The molecule has 49 heteroatoms. The lowest BCUT2D eigenvalue weighted by atomic mass is 9.87. The Hall–Kier alpha value is -13.7. The number of hydrogen-bond donors (Lipinski definition) is 10. The Morgan fingerprint density at radius 1 is 0.496 bits per heavy atom. The number of nitrogen functional groups attached to an aromatic ring is 2. The zero-order chi connectivity index (χ0) is 93.6. The molecule has 3 aliphatic heterocycles. The number of nitro groups is 5. The number of thioether (sulfide) groups is 1. The number of aromatic amines is 1. The highest BCUT2D eigenvalue weighted by molar-refractivity contribution is 8.14. The standard InChI is InChI=1S/C20H21N3O7S.C20H23N3O5S.C15H19NO3.C6H6N4O2S.C5H3ClN2O4S.C5H3ClN2O2.C5H4N2O2S/c1-12(18-16(24)10-20(2,3)30-19(18)25)13-5-4-6-14(9-13)22-31(28,29)17-8-7-15(11-21-17)23(26)27;1-12(18-16(24)10-20(2,3)28-19(18)25)13-5-4-6-15(9-13)23-29(26,27)17-8-7-14(21)11-22-17;1-9(10-5-4-6-11(16)7-10)13-12(17)8-15(2,3)19-14(13)18;7-6(8)13-5-2-1-4(3-9-5)10(11)12;6-13(11,12)5-2-1-4(3-7-5)8(9)10;6-5-2-1-4(3-7-5)8(9)10;8-7(9)4-1-2-5(10)6-3-4/h4-9,11-12,22,24H,10H2,1-3H3;4-9,11-12,23-24H,10,21H2,1-3H3;4-7,9,17H,8,16H2,1-3H3;1-3H,(H3,7,8);1-3H;1-3H;1-3H,(H,6,10). The van der Waals surface area contributed by atoms with Crippen molar-refractivity contribution in [3.8, 4) is 0 Å². The van der Waals surface area contributed by atoms with Crippen molar-refractivity contribution in [3.63, 3.8) is 0 Å². The normalized spacial score (nSPS) is 15.0. The predicted octanol–water partition coefficient (Wildman–Crippen LogP) is 14.6. The van der Waals surface area contributed by atoms with Gasteiger partial charge in [0.25, 0.3) is 57.5 Å². The second-order valence-electron chi connectivity index (χ2n) is 28.3. The van der Waals surface area contributed by atoms with E-state index < -0.39 is 105 Å². The molecular formula is C76H79Cl2N17O25S5. The molecule has 0 saturated carbocycles. The van der Waals surface area contributed by atoms with Crippen LogP contribution < -0.4 is 26.6 Å². The number of H-pyrrole nitrogens is 1. The number of halogens is 2. The van der Waals surface area contributed by atoms with Crippen LogP contribution in [0.1, 0.15) is 116 Å². The number of hydrogen-bond acceptors (Lipinski definition) is 35. The third-order valence-corrected chi connectivity index (χ3v) is 21.9. The summed E-state index contributed by atoms with van der Waals surface area (Å²) in [6.07, 6.45) is 7.19. The lowest BCUT2D eigenvalue weighted by Gasteiger charge is -2.32. The van der Waals surface area contributed by atoms with Crippen LogP contribution in [0.15, 0.2) is 237 Å². The highest BCUT2D eigenvalue weighted by atomic mass is 35.7. The SMILES string of the molecule is CC(C1=C(O)CC(C)(C)OC1=O)c1cccc(N)c1.CC(C1=C(O)CC(C)(C)OC1=O)c1cccc(NS(=O)(=O)c2ccc(N)cn2)c1.CC(C1=C(O)CC(C)(C)OC1=O)c1cccc(NS(=O)(=O)c2ccc([N+](=O)[O-])cn2)c1.N=C(N)Sc1ccc([N+](=O)[O-])cn1.O=[N+]([O-])c1ccc(=S)[nH]c1.O=[N+]([O-])c1ccc(Cl)nc1.O=[N+]([O-])c1ccc(S(=O)(=O)Cl)nc1. The second kappa shape index (κ2) is 42.9. The number of aromatic nitrogens is 6. The quantitative estimate of drug-likeness (QED) is 0.00307. The minimum atomic E-state index is -4.10. The maximum Gasteiger partial charge on any atom is 0.338 e. The minimum Gasteiger partial charge on any atom is -0.512 e. The van der Waals surface area contributed by atoms with E-state index in [9.17, 15) is 106 Å². The number of cyclic esters (lactones) is 3. The first-order valence-corrected chi connectivity index (χ1v) is 42.6. The fourth-order valence-electron chi connectivity index (χ4n) is 11.1. The van der Waals surface area contributed by atoms with Gasteiger partial charge < -0.3 is 51.7 Å². The first-order valence-electron chi connectivity index (χ1n) is 35.7. The van der Waals surface area contributed by atoms with Gasteiger partial charge in [-0.2, -0.15) is 16.8 Å². The lowest BCUT2D eigenvalue weighted by molar-refractivity contribution is -0.385. The van der Waals surface area contributed by atoms with Crippen molar-refractivity contribution < 1.29 is 93.8 Å². The first-order chi connectivity index (χ1) is 58.1. The van der Waals surface area contributed by atoms with Gasteiger partial charge in [-0.25, -0.2) is 47.7 Å². The number of benzene rings is 3. The van der Waals surface area contributed by atoms with Crippen LogP contribution in [0.25, 0.3) is 0 Å². The van der Waals surface area contributed by atoms with Gasteiger partial charge in [-0.05, 0) is 149 Å². The van der Waals surface area contributed by atoms with Crippen LogP contribution in [0.2, 0.25) is 5.15 Å². The van der Waals surface area contributed by atoms with Gasteiger partial charge in [0.05, 0.1) is 59.4 Å². The number of esters is 3. The number of aliphatic hydroxyl groups excluding tert-OH is 3. The maximum absolute atomic E-state index is 12.6. The molecule has 9 aromatic rings. The third-order valence-electron chi connectivity index (χ3n) is 16.9. The van der Waals surface area contributed by atoms with E-state index >= 15 is 0 Å². The van der Waals surface area contributed by atoms with Gasteiger partial charge in [-0.15, -0.1) is 0 Å². The summed E-state index contributed by atoms with van der Waals surface area (Å²) < 4.78 is 92.9. The van der Waals surface area contributed by atoms with Crippen LogP contribution in [0.3, 0.4) is 0 Å². The van der Waals surface area contributed by atoms with Crippen molar-refractivity contribution in [2.24, 2.45) is 5.73 Å². The molecule has 0 saturated heterocycles. The Kier molecular flexibility index (Phi) is 34.3. The molecule has 125 heavy (non-hydrogen) atoms. The van der Waals surface area contributed by atoms with Gasteiger partial charge in [0.1, 0.15) is 73.7 Å². The third kappa shape index (κ3) is 30.4. The summed E-state index contributed by atoms with van der Waals surface area (Å²) in [5.41, 5.74) is 17.7. The molecule has 0 amide bonds. The monoisotopic (exact) mass is 1860 g/mol. The Morgan fingerprint density at radius 2 is 0.840 bits per heavy atom. The predicted molar refractivity (Wildman–Crippen MR) is 460 cm³/mol. The van der Waals surface area contributed by atoms with E-state index in [1.54, 1.807) is 104 Å². The molecule has 0 fully saturated rings. The average Bonchev–Trinajstić information content (AvgIpc) is 0.798. The summed E-state index contributed by atoms with van der Waals surface area (Å²) in [6, 6.07) is 35.3. The van der Waals surface area contributed by atoms with E-state index in [0.29, 0.717) is 49.8 Å². The number of pyridine rings is 6. The molecule has 0 bridgehead atoms. The summed E-state index contributed by atoms with van der Waals surface area (Å²) in [5.74, 6) is -2.91. The van der Waals surface area contributed by atoms with Crippen LogP contribution in [0.5, 0.6) is 0 Å². The number of carbonyl (C=O) groups is 3. The summed E-state index contributed by atoms with van der Waals surface area (Å²) >= 11 is 11.0. The van der Waals surface area contributed by atoms with E-state index in [4.69, 9.17) is 59.1 Å². The minimum absolute atomic E-state index is 0.0178. The number of carbonyl (C=O) groups excluding carboxylic acids is 3. The molecule has 12 rings (SSSR count). The Bertz CT molecular complexity index is 6060. The molecule has 13 N–H and O–H groups in total. The van der Waals surface area contributed by atoms with E-state index in [0.717, 1.165) is 66.4 Å². The topological polar surface area (TPSA) is 664 Å². The molecule has 9 heterocycles. The Labute approximate surface area is 730 Å². The fourth-order valence-corrected chi connectivity index (χ4v) is 14.5. The van der Waals surface area contributed by atoms with Crippen LogP contribution in [-0.4, -0.2) is 135 Å². The van der Waals surface area contributed by atoms with Gasteiger partial charge in [-0.1, -0.05) is 81.0 Å². The zero-order valence-corrected chi connectivity index (χ0v) is 72.6. The number of nitrogens with one attached hydrogen (secondary N) is 4. The number of rotatable bonds is 19. The van der Waals surface area contributed by atoms with Crippen molar-refractivity contribution in [3.05, 3.63) is 294 Å². The number of anilines is 4. The average molecular weight is 1860 g/mol. The van der Waals surface area contributed by atoms with Crippen LogP contribution >= 0.6 is 46.3 Å². The number of amidine groups is 1. The number of nitrogens with two attached hydrogens (primary N) is 3. The van der Waals surface area contributed by atoms with E-state index in [-0.39, 0.29) is 102 Å². The highest BCUT2D eigenvalue weighted by Gasteiger charge is 2.40. The van der Waals surface area contributed by atoms with E-state index in [1.807, 2.05) is 19.1 Å². The lowest BCUT2D eigenvalue weighted by Crippen LogP contribution is -2.35. The van der Waals surface area contributed by atoms with E-state index in [1.165, 1.54) is 73.1 Å². The van der Waals surface area contributed by atoms with Crippen molar-refractivity contribution >= 4 is 150 Å². The Balaban J connectivity index is 0.000000236. The van der Waals surface area contributed by atoms with Gasteiger partial charge >= 0.3 is 17.9 Å². The summed E-state index contributed by atoms with van der Waals surface area (Å²) in [5, 5.41) is 88.7. The molecule has 3 aromatic carbocycles. The highest BCUT2D eigenvalue weighted by Crippen LogP contribution is 2.40. The van der Waals surface area contributed by atoms with E-state index in [2.05, 4.69) is 51.6 Å². The van der Waals surface area contributed by atoms with Crippen molar-refractivity contribution in [1.29, 1.82) is 5.41 Å². The number of ether oxygens (including phenoxy) is 3. The molecule has 42 nitrogen and oxygen atoms in total. The molecule has 3 unspecified atom stereocenters. The Morgan fingerprint density at radius 3 is 1.14 bits per heavy atom. The number of nitrogens with zero attached hydrogens (tertiary/aromatic N) is 10. The maximum atomic E-state index is 12.6. The van der Waals surface area contributed by atoms with Gasteiger partial charge in [0.2, 0.25) is 0 Å². The van der Waals surface area contributed by atoms with Gasteiger partial charge in [-0.3, -0.25) is 65.4 Å². The largest absolute Gasteiger partial charge is 0.512 e. The smallest absolute Gasteiger partial charge is 0.338 e. The van der Waals surface area contributed by atoms with Crippen molar-refractivity contribution in [2.45, 2.75) is 136 Å². The summed E-state index contributed by atoms with van der Waals surface area (Å²) in [4.78, 5) is 106. The molecule has 3 aliphatic rings. The molecule has 0 spiro atoms. The van der Waals surface area contributed by atoms with Crippen LogP contribution in [0, 0.1) is 60.6 Å². The van der Waals surface area contributed by atoms with Crippen molar-refractivity contribution in [1.82, 2.24) is 29.9 Å². The molecule has 0 aliphatic carbocycles. The zero-order valence-electron chi connectivity index (χ0n) is 67.0. The molecule has 0 radical (unpaired) electrons. The fraction of sp³-hybridized carbons (Fsp3) is 0.237. The molecule has 3 atom stereocenters. The summed E-state index contributed by atoms with van der Waals surface area (Å²) in [7, 11) is -6.98.